The van der Waals surface area contributed by atoms with Gasteiger partial charge in [0.25, 0.3) is 0 Å². The summed E-state index contributed by atoms with van der Waals surface area (Å²) in [4.78, 5) is 24.8. The van der Waals surface area contributed by atoms with Crippen molar-refractivity contribution in [3.05, 3.63) is 0 Å². The number of nitrogens with one attached hydrogen (secondary N) is 1. The Balaban J connectivity index is 1.88. The van der Waals surface area contributed by atoms with Gasteiger partial charge in [-0.05, 0) is 31.6 Å². The van der Waals surface area contributed by atoms with Gasteiger partial charge >= 0.3 is 12.0 Å². The van der Waals surface area contributed by atoms with Crippen LogP contribution in [0.4, 0.5) is 4.79 Å². The normalized spacial score (nSPS) is 25.6. The molecule has 1 aliphatic carbocycles. The Kier molecular flexibility index (Phi) is 3.78. The molecule has 1 atom stereocenters. The van der Waals surface area contributed by atoms with E-state index in [1.807, 2.05) is 4.90 Å². The van der Waals surface area contributed by atoms with Gasteiger partial charge in [0, 0.05) is 13.1 Å². The molecule has 0 aromatic heterocycles. The fraction of sp³-hybridized carbons (Fsp3) is 0.846. The van der Waals surface area contributed by atoms with Crippen LogP contribution in [0.5, 0.6) is 0 Å². The maximum atomic E-state index is 12.1. The smallest absolute Gasteiger partial charge is 0.317 e. The second-order valence-electron chi connectivity index (χ2n) is 5.64. The van der Waals surface area contributed by atoms with Gasteiger partial charge in [0.2, 0.25) is 0 Å². The number of nitrogens with zero attached hydrogens (tertiary/aromatic N) is 1. The zero-order valence-corrected chi connectivity index (χ0v) is 10.9. The van der Waals surface area contributed by atoms with Gasteiger partial charge in [-0.25, -0.2) is 4.79 Å². The number of aliphatic carboxylic acids is 1. The highest BCUT2D eigenvalue weighted by atomic mass is 16.4. The Bertz CT molecular complexity index is 339. The number of hydrogen-bond acceptors (Lipinski definition) is 2. The lowest BCUT2D eigenvalue weighted by molar-refractivity contribution is -0.139. The Morgan fingerprint density at radius 3 is 2.61 bits per heavy atom. The topological polar surface area (TPSA) is 69.6 Å². The number of amides is 2. The number of rotatable bonds is 4. The van der Waals surface area contributed by atoms with Crippen LogP contribution >= 0.6 is 0 Å². The quantitative estimate of drug-likeness (QED) is 0.804. The van der Waals surface area contributed by atoms with Crippen LogP contribution in [0.25, 0.3) is 0 Å². The Labute approximate surface area is 108 Å². The van der Waals surface area contributed by atoms with Crippen molar-refractivity contribution in [1.82, 2.24) is 10.2 Å². The molecule has 1 saturated carbocycles. The van der Waals surface area contributed by atoms with Gasteiger partial charge in [-0.3, -0.25) is 4.79 Å². The molecule has 1 saturated heterocycles. The molecule has 0 bridgehead atoms. The molecule has 1 heterocycles. The van der Waals surface area contributed by atoms with Crippen LogP contribution in [0, 0.1) is 5.92 Å². The first-order chi connectivity index (χ1) is 8.54. The van der Waals surface area contributed by atoms with Crippen LogP contribution in [-0.2, 0) is 4.79 Å². The molecule has 2 fully saturated rings. The summed E-state index contributed by atoms with van der Waals surface area (Å²) < 4.78 is 0. The number of carboxylic acid groups (broad SMARTS) is 1. The average Bonchev–Trinajstić information content (AvgIpc) is 2.73. The largest absolute Gasteiger partial charge is 0.481 e. The summed E-state index contributed by atoms with van der Waals surface area (Å²) in [6.07, 6.45) is 4.79. The van der Waals surface area contributed by atoms with E-state index in [2.05, 4.69) is 12.2 Å². The zero-order valence-electron chi connectivity index (χ0n) is 10.9. The summed E-state index contributed by atoms with van der Waals surface area (Å²) in [5.41, 5.74) is -0.479. The summed E-state index contributed by atoms with van der Waals surface area (Å²) in [6, 6.07) is -0.0769. The van der Waals surface area contributed by atoms with E-state index in [0.29, 0.717) is 5.92 Å². The van der Waals surface area contributed by atoms with Crippen molar-refractivity contribution < 1.29 is 14.7 Å². The second-order valence-corrected chi connectivity index (χ2v) is 5.64. The fourth-order valence-corrected chi connectivity index (χ4v) is 2.90. The van der Waals surface area contributed by atoms with E-state index >= 15 is 0 Å². The Hall–Kier alpha value is -1.26. The maximum absolute atomic E-state index is 12.1. The van der Waals surface area contributed by atoms with Crippen LogP contribution in [0.2, 0.25) is 0 Å². The summed E-state index contributed by atoms with van der Waals surface area (Å²) in [5, 5.41) is 11.9. The van der Waals surface area contributed by atoms with Crippen molar-refractivity contribution in [2.75, 3.05) is 13.1 Å². The molecule has 0 spiro atoms. The van der Waals surface area contributed by atoms with E-state index in [1.165, 1.54) is 0 Å². The Morgan fingerprint density at radius 1 is 1.44 bits per heavy atom. The molecule has 5 nitrogen and oxygen atoms in total. The van der Waals surface area contributed by atoms with Gasteiger partial charge in [0.1, 0.15) is 0 Å². The predicted molar refractivity (Wildman–Crippen MR) is 67.3 cm³/mol. The third kappa shape index (κ3) is 2.76. The monoisotopic (exact) mass is 254 g/mol. The highest BCUT2D eigenvalue weighted by Gasteiger charge is 2.41. The lowest BCUT2D eigenvalue weighted by atomic mass is 9.74. The molecule has 2 aliphatic rings. The van der Waals surface area contributed by atoms with Gasteiger partial charge < -0.3 is 15.3 Å². The standard InChI is InChI=1S/C13H22N2O3/c1-2-10-4-7-15(9-10)12(18)14-13(5-3-6-13)8-11(16)17/h10H,2-9H2,1H3,(H,14,18)(H,16,17). The third-order valence-electron chi connectivity index (χ3n) is 4.32. The number of likely N-dealkylation sites (tertiary alicyclic amines) is 1. The number of carbonyl (C=O) groups is 2. The summed E-state index contributed by atoms with van der Waals surface area (Å²) in [5.74, 6) is -0.226. The van der Waals surface area contributed by atoms with Gasteiger partial charge in [0.05, 0.1) is 12.0 Å². The minimum atomic E-state index is -0.831. The first kappa shape index (κ1) is 13.2. The highest BCUT2D eigenvalue weighted by molar-refractivity contribution is 5.77. The molecule has 5 heteroatoms. The van der Waals surface area contributed by atoms with Gasteiger partial charge in [-0.2, -0.15) is 0 Å². The molecule has 18 heavy (non-hydrogen) atoms. The molecule has 0 aromatic carbocycles. The minimum absolute atomic E-state index is 0.0454. The molecule has 0 aromatic rings. The molecule has 2 rings (SSSR count). The molecule has 2 amide bonds. The zero-order chi connectivity index (χ0) is 13.2. The summed E-state index contributed by atoms with van der Waals surface area (Å²) >= 11 is 0. The average molecular weight is 254 g/mol. The van der Waals surface area contributed by atoms with Crippen LogP contribution < -0.4 is 5.32 Å². The lowest BCUT2D eigenvalue weighted by Gasteiger charge is -2.42. The van der Waals surface area contributed by atoms with Crippen molar-refractivity contribution >= 4 is 12.0 Å². The van der Waals surface area contributed by atoms with Gasteiger partial charge in [0.15, 0.2) is 0 Å². The van der Waals surface area contributed by atoms with Crippen LogP contribution in [0.3, 0.4) is 0 Å². The number of hydrogen-bond donors (Lipinski definition) is 2. The highest BCUT2D eigenvalue weighted by Crippen LogP contribution is 2.35. The van der Waals surface area contributed by atoms with Crippen molar-refractivity contribution in [3.8, 4) is 0 Å². The fourth-order valence-electron chi connectivity index (χ4n) is 2.90. The van der Waals surface area contributed by atoms with Crippen LogP contribution in [0.15, 0.2) is 0 Å². The van der Waals surface area contributed by atoms with Crippen molar-refractivity contribution in [2.24, 2.45) is 5.92 Å². The molecular formula is C13H22N2O3. The van der Waals surface area contributed by atoms with Gasteiger partial charge in [-0.15, -0.1) is 0 Å². The maximum Gasteiger partial charge on any atom is 0.317 e. The Morgan fingerprint density at radius 2 is 2.17 bits per heavy atom. The second kappa shape index (κ2) is 5.16. The number of carbonyl (C=O) groups excluding carboxylic acids is 1. The van der Waals surface area contributed by atoms with E-state index < -0.39 is 11.5 Å². The van der Waals surface area contributed by atoms with Gasteiger partial charge in [-0.1, -0.05) is 13.3 Å². The summed E-state index contributed by atoms with van der Waals surface area (Å²) in [6.45, 7) is 3.75. The van der Waals surface area contributed by atoms with Crippen molar-refractivity contribution in [1.29, 1.82) is 0 Å². The SMILES string of the molecule is CCC1CCN(C(=O)NC2(CC(=O)O)CCC2)C1. The van der Waals surface area contributed by atoms with Crippen LogP contribution in [-0.4, -0.2) is 40.6 Å². The van der Waals surface area contributed by atoms with Crippen LogP contribution in [0.1, 0.15) is 45.4 Å². The number of urea groups is 1. The molecule has 1 aliphatic heterocycles. The van der Waals surface area contributed by atoms with Crippen molar-refractivity contribution in [2.45, 2.75) is 51.0 Å². The summed E-state index contributed by atoms with van der Waals surface area (Å²) in [7, 11) is 0. The van der Waals surface area contributed by atoms with E-state index in [4.69, 9.17) is 5.11 Å². The molecular weight excluding hydrogens is 232 g/mol. The molecule has 0 radical (unpaired) electrons. The van der Waals surface area contributed by atoms with E-state index in [1.54, 1.807) is 0 Å². The first-order valence-corrected chi connectivity index (χ1v) is 6.83. The van der Waals surface area contributed by atoms with E-state index in [0.717, 1.165) is 45.2 Å². The van der Waals surface area contributed by atoms with E-state index in [-0.39, 0.29) is 12.5 Å². The van der Waals surface area contributed by atoms with E-state index in [9.17, 15) is 9.59 Å². The molecule has 102 valence electrons. The molecule has 1 unspecified atom stereocenters. The predicted octanol–water partition coefficient (Wildman–Crippen LogP) is 1.83. The number of carboxylic acids is 1. The first-order valence-electron chi connectivity index (χ1n) is 6.83. The lowest BCUT2D eigenvalue weighted by Crippen LogP contribution is -2.57. The minimum Gasteiger partial charge on any atom is -0.481 e. The third-order valence-corrected chi connectivity index (χ3v) is 4.32. The van der Waals surface area contributed by atoms with Crippen molar-refractivity contribution in [3.63, 3.8) is 0 Å². The molecule has 2 N–H and O–H groups in total.